The highest BCUT2D eigenvalue weighted by molar-refractivity contribution is 7.08. The first kappa shape index (κ1) is 34.1. The number of pyridine rings is 1. The van der Waals surface area contributed by atoms with Crippen molar-refractivity contribution in [2.24, 2.45) is 0 Å². The number of rotatable bonds is 12. The normalized spacial score (nSPS) is 14.7. The van der Waals surface area contributed by atoms with Gasteiger partial charge in [0, 0.05) is 55.9 Å². The van der Waals surface area contributed by atoms with Gasteiger partial charge in [-0.15, -0.1) is 11.3 Å². The Morgan fingerprint density at radius 2 is 1.77 bits per heavy atom. The zero-order valence-corrected chi connectivity index (χ0v) is 28.0. The van der Waals surface area contributed by atoms with Gasteiger partial charge >= 0.3 is 12.1 Å². The number of anilines is 2. The number of unbranched alkanes of at least 4 members (excludes halogenated alkanes) is 1. The van der Waals surface area contributed by atoms with Crippen LogP contribution in [0.4, 0.5) is 21.0 Å². The van der Waals surface area contributed by atoms with Gasteiger partial charge in [0.05, 0.1) is 18.9 Å². The van der Waals surface area contributed by atoms with Crippen molar-refractivity contribution < 1.29 is 33.3 Å². The first-order valence-corrected chi connectivity index (χ1v) is 16.9. The number of nitrogens with zero attached hydrogens (tertiary/aromatic N) is 3. The number of aromatic nitrogens is 1. The summed E-state index contributed by atoms with van der Waals surface area (Å²) in [6, 6.07) is 8.63. The molecule has 3 aromatic rings. The molecule has 1 fully saturated rings. The highest BCUT2D eigenvalue weighted by Crippen LogP contribution is 2.32. The summed E-state index contributed by atoms with van der Waals surface area (Å²) < 4.78 is 22.1. The van der Waals surface area contributed by atoms with Crippen molar-refractivity contribution >= 4 is 40.6 Å². The van der Waals surface area contributed by atoms with E-state index in [9.17, 15) is 14.4 Å². The lowest BCUT2D eigenvalue weighted by Gasteiger charge is -2.27. The fourth-order valence-corrected chi connectivity index (χ4v) is 5.98. The predicted octanol–water partition coefficient (Wildman–Crippen LogP) is 5.83. The molecule has 4 heterocycles. The molecule has 2 aromatic heterocycles. The highest BCUT2D eigenvalue weighted by Gasteiger charge is 2.21. The summed E-state index contributed by atoms with van der Waals surface area (Å²) in [4.78, 5) is 47.5. The van der Waals surface area contributed by atoms with Crippen LogP contribution >= 0.6 is 11.3 Å². The molecule has 0 spiro atoms. The van der Waals surface area contributed by atoms with E-state index in [2.05, 4.69) is 20.5 Å². The third kappa shape index (κ3) is 10.4. The first-order valence-electron chi connectivity index (χ1n) is 15.9. The molecule has 0 bridgehead atoms. The number of carbonyl (C=O) groups excluding carboxylic acids is 3. The summed E-state index contributed by atoms with van der Waals surface area (Å²) in [6.07, 6.45) is 2.92. The maximum atomic E-state index is 13.5. The lowest BCUT2D eigenvalue weighted by atomic mass is 10.1. The van der Waals surface area contributed by atoms with Crippen LogP contribution in [0.2, 0.25) is 0 Å². The van der Waals surface area contributed by atoms with E-state index in [-0.39, 0.29) is 18.2 Å². The number of urea groups is 1. The van der Waals surface area contributed by atoms with Crippen molar-refractivity contribution in [3.8, 4) is 11.5 Å². The Balaban J connectivity index is 1.20. The van der Waals surface area contributed by atoms with Crippen LogP contribution in [0.3, 0.4) is 0 Å². The molecule has 2 aliphatic heterocycles. The van der Waals surface area contributed by atoms with Gasteiger partial charge in [-0.2, -0.15) is 0 Å². The second kappa shape index (κ2) is 16.1. The number of morpholine rings is 1. The fourth-order valence-electron chi connectivity index (χ4n) is 5.19. The first-order chi connectivity index (χ1) is 22.6. The van der Waals surface area contributed by atoms with Crippen LogP contribution in [0.5, 0.6) is 11.5 Å². The number of thiophene rings is 1. The molecule has 3 amide bonds. The number of fused-ring (bicyclic) bond motifs is 1. The Bertz CT molecular complexity index is 1520. The van der Waals surface area contributed by atoms with E-state index in [1.807, 2.05) is 11.4 Å². The fraction of sp³-hybridized carbons (Fsp3) is 0.471. The molecule has 0 unspecified atom stereocenters. The summed E-state index contributed by atoms with van der Waals surface area (Å²) >= 11 is 1.39. The molecular formula is C34H43N5O7S. The summed E-state index contributed by atoms with van der Waals surface area (Å²) in [7, 11) is 0. The molecule has 2 N–H and O–H groups in total. The van der Waals surface area contributed by atoms with Gasteiger partial charge < -0.3 is 29.2 Å². The Labute approximate surface area is 279 Å². The van der Waals surface area contributed by atoms with Gasteiger partial charge in [-0.3, -0.25) is 20.0 Å². The van der Waals surface area contributed by atoms with Crippen LogP contribution in [-0.4, -0.2) is 90.9 Å². The number of amides is 3. The Morgan fingerprint density at radius 1 is 0.979 bits per heavy atom. The number of Topliss-reactive ketones (excluding diaryl/α,β-unsaturated/α-hetero) is 1. The average molecular weight is 666 g/mol. The minimum Gasteiger partial charge on any atom is -0.486 e. The Morgan fingerprint density at radius 3 is 2.51 bits per heavy atom. The van der Waals surface area contributed by atoms with Crippen LogP contribution in [-0.2, 0) is 22.4 Å². The molecule has 47 heavy (non-hydrogen) atoms. The van der Waals surface area contributed by atoms with Gasteiger partial charge in [0.2, 0.25) is 0 Å². The van der Waals surface area contributed by atoms with Gasteiger partial charge in [-0.05, 0) is 74.9 Å². The molecule has 5 rings (SSSR count). The van der Waals surface area contributed by atoms with Gasteiger partial charge in [-0.1, -0.05) is 6.07 Å². The summed E-state index contributed by atoms with van der Waals surface area (Å²) in [5.41, 5.74) is 2.33. The Kier molecular flexibility index (Phi) is 11.7. The third-order valence-electron chi connectivity index (χ3n) is 7.55. The van der Waals surface area contributed by atoms with Gasteiger partial charge in [-0.25, -0.2) is 9.59 Å². The van der Waals surface area contributed by atoms with Crippen molar-refractivity contribution in [1.82, 2.24) is 14.8 Å². The molecular weight excluding hydrogens is 622 g/mol. The smallest absolute Gasteiger partial charge is 0.412 e. The Hall–Kier alpha value is -4.20. The van der Waals surface area contributed by atoms with E-state index in [1.54, 1.807) is 61.5 Å². The van der Waals surface area contributed by atoms with Crippen molar-refractivity contribution in [1.29, 1.82) is 0 Å². The standard InChI is InChI=1S/C34H43N5O7S/c1-34(2,3)46-33(42)37-28-23-47-22-25(28)18-29(40)27-8-6-24(20-35-27)21-39(11-5-4-10-38-12-14-43-15-13-38)32(41)36-26-7-9-30-31(19-26)45-17-16-44-30/h6-9,19-20,22-23H,4-5,10-18,21H2,1-3H3,(H,36,41)(H,37,42). The molecule has 13 heteroatoms. The number of hydrogen-bond donors (Lipinski definition) is 2. The predicted molar refractivity (Wildman–Crippen MR) is 180 cm³/mol. The molecule has 1 saturated heterocycles. The number of nitrogens with one attached hydrogen (secondary N) is 2. The zero-order valence-electron chi connectivity index (χ0n) is 27.2. The second-order valence-corrected chi connectivity index (χ2v) is 13.2. The third-order valence-corrected chi connectivity index (χ3v) is 8.34. The number of carbonyl (C=O) groups is 3. The molecule has 0 saturated carbocycles. The lowest BCUT2D eigenvalue weighted by Crippen LogP contribution is -2.38. The minimum absolute atomic E-state index is 0.0776. The summed E-state index contributed by atoms with van der Waals surface area (Å²) in [5.74, 6) is 1.08. The highest BCUT2D eigenvalue weighted by atomic mass is 32.1. The molecule has 2 aliphatic rings. The van der Waals surface area contributed by atoms with Crippen molar-refractivity contribution in [2.45, 2.75) is 52.2 Å². The maximum Gasteiger partial charge on any atom is 0.412 e. The zero-order chi connectivity index (χ0) is 33.2. The molecule has 252 valence electrons. The van der Waals surface area contributed by atoms with E-state index in [0.29, 0.717) is 60.4 Å². The van der Waals surface area contributed by atoms with E-state index in [0.717, 1.165) is 51.3 Å². The molecule has 0 atom stereocenters. The van der Waals surface area contributed by atoms with Crippen molar-refractivity contribution in [2.75, 3.05) is 63.2 Å². The summed E-state index contributed by atoms with van der Waals surface area (Å²) in [6.45, 7) is 11.5. The van der Waals surface area contributed by atoms with Gasteiger partial charge in [0.15, 0.2) is 17.3 Å². The largest absolute Gasteiger partial charge is 0.486 e. The van der Waals surface area contributed by atoms with Gasteiger partial charge in [0.25, 0.3) is 0 Å². The molecule has 1 aromatic carbocycles. The monoisotopic (exact) mass is 665 g/mol. The number of ether oxygens (including phenoxy) is 4. The van der Waals surface area contributed by atoms with Crippen molar-refractivity contribution in [3.63, 3.8) is 0 Å². The van der Waals surface area contributed by atoms with Crippen molar-refractivity contribution in [3.05, 3.63) is 64.1 Å². The second-order valence-electron chi connectivity index (χ2n) is 12.5. The van der Waals surface area contributed by atoms with E-state index >= 15 is 0 Å². The van der Waals surface area contributed by atoms with Gasteiger partial charge in [0.1, 0.15) is 24.5 Å². The maximum absolute atomic E-state index is 13.5. The minimum atomic E-state index is -0.633. The number of hydrogen-bond acceptors (Lipinski definition) is 10. The lowest BCUT2D eigenvalue weighted by molar-refractivity contribution is 0.0370. The topological polar surface area (TPSA) is 132 Å². The van der Waals surface area contributed by atoms with E-state index < -0.39 is 11.7 Å². The van der Waals surface area contributed by atoms with Crippen LogP contribution in [0.15, 0.2) is 47.3 Å². The average Bonchev–Trinajstić information content (AvgIpc) is 3.48. The van der Waals surface area contributed by atoms with Crippen LogP contribution in [0.25, 0.3) is 0 Å². The van der Waals surface area contributed by atoms with E-state index in [4.69, 9.17) is 18.9 Å². The van der Waals surface area contributed by atoms with Crippen LogP contribution < -0.4 is 20.1 Å². The van der Waals surface area contributed by atoms with Crippen LogP contribution in [0.1, 0.15) is 55.2 Å². The molecule has 12 nitrogen and oxygen atoms in total. The molecule has 0 aliphatic carbocycles. The van der Waals surface area contributed by atoms with E-state index in [1.165, 1.54) is 11.3 Å². The molecule has 0 radical (unpaired) electrons. The SMILES string of the molecule is CC(C)(C)OC(=O)Nc1cscc1CC(=O)c1ccc(CN(CCCCN2CCOCC2)C(=O)Nc2ccc3c(c2)OCCO3)cn1. The number of benzene rings is 1. The summed E-state index contributed by atoms with van der Waals surface area (Å²) in [5, 5.41) is 9.33. The number of ketones is 1. The van der Waals surface area contributed by atoms with Crippen LogP contribution in [0, 0.1) is 0 Å². The quantitative estimate of drug-likeness (QED) is 0.181.